The van der Waals surface area contributed by atoms with Gasteiger partial charge in [0.15, 0.2) is 0 Å². The number of hydrogen-bond acceptors (Lipinski definition) is 2. The molecule has 0 saturated heterocycles. The van der Waals surface area contributed by atoms with Crippen molar-refractivity contribution >= 4 is 12.4 Å². The molecule has 0 unspecified atom stereocenters. The van der Waals surface area contributed by atoms with Gasteiger partial charge in [0.25, 0.3) is 0 Å². The van der Waals surface area contributed by atoms with E-state index < -0.39 is 0 Å². The summed E-state index contributed by atoms with van der Waals surface area (Å²) in [5, 5.41) is 0. The third-order valence-electron chi connectivity index (χ3n) is 2.22. The molecule has 0 spiro atoms. The van der Waals surface area contributed by atoms with E-state index in [0.717, 1.165) is 19.4 Å². The predicted octanol–water partition coefficient (Wildman–Crippen LogP) is 2.10. The topological polar surface area (TPSA) is 35.2 Å². The van der Waals surface area contributed by atoms with E-state index in [9.17, 15) is 0 Å². The van der Waals surface area contributed by atoms with Gasteiger partial charge in [-0.05, 0) is 32.1 Å². The first-order valence-electron chi connectivity index (χ1n) is 4.70. The number of halogens is 1. The molecule has 74 valence electrons. The highest BCUT2D eigenvalue weighted by Crippen LogP contribution is 2.19. The number of ether oxygens (including phenoxy) is 1. The van der Waals surface area contributed by atoms with Crippen LogP contribution in [0.15, 0.2) is 0 Å². The van der Waals surface area contributed by atoms with Crippen molar-refractivity contribution < 1.29 is 4.74 Å². The Morgan fingerprint density at radius 3 is 2.75 bits per heavy atom. The maximum atomic E-state index is 5.82. The van der Waals surface area contributed by atoms with Crippen molar-refractivity contribution in [2.75, 3.05) is 6.61 Å². The molecule has 0 aromatic carbocycles. The standard InChI is InChI=1S/C9H19NO.ClH/c1-2-6-11-9-5-3-4-8(10)7-9;/h8-9H,2-7,10H2,1H3;1H/t8-,9+;/m0./s1. The first-order valence-corrected chi connectivity index (χ1v) is 4.70. The second-order valence-corrected chi connectivity index (χ2v) is 3.42. The maximum Gasteiger partial charge on any atom is 0.0589 e. The second kappa shape index (κ2) is 6.70. The van der Waals surface area contributed by atoms with Gasteiger partial charge in [-0.2, -0.15) is 0 Å². The van der Waals surface area contributed by atoms with Gasteiger partial charge in [0, 0.05) is 12.6 Å². The Bertz CT molecular complexity index is 111. The predicted molar refractivity (Wildman–Crippen MR) is 53.7 cm³/mol. The summed E-state index contributed by atoms with van der Waals surface area (Å²) in [4.78, 5) is 0. The summed E-state index contributed by atoms with van der Waals surface area (Å²) in [5.74, 6) is 0. The van der Waals surface area contributed by atoms with Gasteiger partial charge in [0.1, 0.15) is 0 Å². The van der Waals surface area contributed by atoms with Gasteiger partial charge >= 0.3 is 0 Å². The molecule has 1 aliphatic carbocycles. The van der Waals surface area contributed by atoms with E-state index >= 15 is 0 Å². The molecule has 0 aromatic rings. The molecule has 0 aliphatic heterocycles. The van der Waals surface area contributed by atoms with E-state index in [1.54, 1.807) is 0 Å². The van der Waals surface area contributed by atoms with E-state index in [2.05, 4.69) is 6.92 Å². The third-order valence-corrected chi connectivity index (χ3v) is 2.22. The largest absolute Gasteiger partial charge is 0.378 e. The fourth-order valence-electron chi connectivity index (χ4n) is 1.62. The Labute approximate surface area is 81.3 Å². The lowest BCUT2D eigenvalue weighted by molar-refractivity contribution is 0.0240. The van der Waals surface area contributed by atoms with Crippen molar-refractivity contribution in [2.24, 2.45) is 5.73 Å². The molecule has 0 heterocycles. The summed E-state index contributed by atoms with van der Waals surface area (Å²) in [6, 6.07) is 0.394. The lowest BCUT2D eigenvalue weighted by Crippen LogP contribution is -2.32. The molecular weight excluding hydrogens is 174 g/mol. The average Bonchev–Trinajstić information content (AvgIpc) is 2.01. The van der Waals surface area contributed by atoms with Crippen LogP contribution >= 0.6 is 12.4 Å². The van der Waals surface area contributed by atoms with Crippen LogP contribution in [-0.4, -0.2) is 18.8 Å². The molecule has 0 radical (unpaired) electrons. The Hall–Kier alpha value is 0.210. The van der Waals surface area contributed by atoms with Crippen molar-refractivity contribution in [3.05, 3.63) is 0 Å². The molecule has 1 rings (SSSR count). The molecule has 2 nitrogen and oxygen atoms in total. The van der Waals surface area contributed by atoms with Crippen LogP contribution < -0.4 is 5.73 Å². The number of rotatable bonds is 3. The number of hydrogen-bond donors (Lipinski definition) is 1. The minimum atomic E-state index is 0. The molecule has 0 amide bonds. The van der Waals surface area contributed by atoms with Crippen LogP contribution in [0, 0.1) is 0 Å². The van der Waals surface area contributed by atoms with Crippen molar-refractivity contribution in [3.63, 3.8) is 0 Å². The van der Waals surface area contributed by atoms with Gasteiger partial charge in [0.2, 0.25) is 0 Å². The van der Waals surface area contributed by atoms with Crippen LogP contribution in [0.5, 0.6) is 0 Å². The van der Waals surface area contributed by atoms with Gasteiger partial charge in [-0.15, -0.1) is 12.4 Å². The van der Waals surface area contributed by atoms with E-state index in [1.165, 1.54) is 19.3 Å². The van der Waals surface area contributed by atoms with Gasteiger partial charge in [-0.3, -0.25) is 0 Å². The zero-order chi connectivity index (χ0) is 8.10. The molecule has 3 heteroatoms. The molecule has 12 heavy (non-hydrogen) atoms. The van der Waals surface area contributed by atoms with Gasteiger partial charge in [-0.1, -0.05) is 6.92 Å². The van der Waals surface area contributed by atoms with Crippen LogP contribution in [0.25, 0.3) is 0 Å². The van der Waals surface area contributed by atoms with E-state index in [0.29, 0.717) is 12.1 Å². The van der Waals surface area contributed by atoms with Crippen LogP contribution in [0.3, 0.4) is 0 Å². The Morgan fingerprint density at radius 1 is 1.42 bits per heavy atom. The van der Waals surface area contributed by atoms with E-state index in [1.807, 2.05) is 0 Å². The van der Waals surface area contributed by atoms with E-state index in [4.69, 9.17) is 10.5 Å². The van der Waals surface area contributed by atoms with Crippen LogP contribution in [-0.2, 0) is 4.74 Å². The highest BCUT2D eigenvalue weighted by atomic mass is 35.5. The third kappa shape index (κ3) is 4.29. The summed E-state index contributed by atoms with van der Waals surface area (Å²) in [7, 11) is 0. The summed E-state index contributed by atoms with van der Waals surface area (Å²) in [5.41, 5.74) is 5.82. The van der Waals surface area contributed by atoms with Crippen LogP contribution in [0.4, 0.5) is 0 Å². The molecule has 2 N–H and O–H groups in total. The maximum absolute atomic E-state index is 5.82. The highest BCUT2D eigenvalue weighted by molar-refractivity contribution is 5.85. The smallest absolute Gasteiger partial charge is 0.0589 e. The molecule has 1 aliphatic rings. The SMILES string of the molecule is CCCO[C@@H]1CCC[C@H](N)C1.Cl. The molecule has 2 atom stereocenters. The lowest BCUT2D eigenvalue weighted by atomic mass is 9.94. The summed E-state index contributed by atoms with van der Waals surface area (Å²) >= 11 is 0. The van der Waals surface area contributed by atoms with Gasteiger partial charge < -0.3 is 10.5 Å². The highest BCUT2D eigenvalue weighted by Gasteiger charge is 2.18. The summed E-state index contributed by atoms with van der Waals surface area (Å²) in [6.45, 7) is 3.04. The van der Waals surface area contributed by atoms with Crippen LogP contribution in [0.1, 0.15) is 39.0 Å². The molecule has 0 bridgehead atoms. The zero-order valence-corrected chi connectivity index (χ0v) is 8.61. The molecule has 1 fully saturated rings. The number of nitrogens with two attached hydrogens (primary N) is 1. The lowest BCUT2D eigenvalue weighted by Gasteiger charge is -2.26. The first-order chi connectivity index (χ1) is 5.33. The summed E-state index contributed by atoms with van der Waals surface area (Å²) < 4.78 is 5.62. The average molecular weight is 194 g/mol. The van der Waals surface area contributed by atoms with Crippen molar-refractivity contribution in [1.82, 2.24) is 0 Å². The molecular formula is C9H20ClNO. The molecule has 0 aromatic heterocycles. The van der Waals surface area contributed by atoms with Gasteiger partial charge in [0.05, 0.1) is 6.10 Å². The Balaban J connectivity index is 0.00000121. The Morgan fingerprint density at radius 2 is 2.17 bits per heavy atom. The zero-order valence-electron chi connectivity index (χ0n) is 7.79. The van der Waals surface area contributed by atoms with Gasteiger partial charge in [-0.25, -0.2) is 0 Å². The van der Waals surface area contributed by atoms with E-state index in [-0.39, 0.29) is 12.4 Å². The van der Waals surface area contributed by atoms with Crippen molar-refractivity contribution in [1.29, 1.82) is 0 Å². The van der Waals surface area contributed by atoms with Crippen molar-refractivity contribution in [3.8, 4) is 0 Å². The van der Waals surface area contributed by atoms with Crippen molar-refractivity contribution in [2.45, 2.75) is 51.2 Å². The normalized spacial score (nSPS) is 29.5. The first kappa shape index (κ1) is 12.2. The fourth-order valence-corrected chi connectivity index (χ4v) is 1.62. The second-order valence-electron chi connectivity index (χ2n) is 3.42. The summed E-state index contributed by atoms with van der Waals surface area (Å²) in [6.07, 6.45) is 6.29. The quantitative estimate of drug-likeness (QED) is 0.745. The monoisotopic (exact) mass is 193 g/mol. The van der Waals surface area contributed by atoms with Crippen LogP contribution in [0.2, 0.25) is 0 Å². The minimum absolute atomic E-state index is 0. The molecule has 1 saturated carbocycles. The fraction of sp³-hybridized carbons (Fsp3) is 1.00. The minimum Gasteiger partial charge on any atom is -0.378 e. The Kier molecular flexibility index (Phi) is 6.81.